The topological polar surface area (TPSA) is 54.3 Å². The number of hydrogen-bond acceptors (Lipinski definition) is 4. The molecule has 1 aliphatic heterocycles. The summed E-state index contributed by atoms with van der Waals surface area (Å²) < 4.78 is 15.5. The van der Waals surface area contributed by atoms with Crippen molar-refractivity contribution in [3.05, 3.63) is 65.2 Å². The van der Waals surface area contributed by atoms with Crippen molar-refractivity contribution < 1.29 is 9.18 Å². The van der Waals surface area contributed by atoms with E-state index in [-0.39, 0.29) is 24.2 Å². The Kier molecular flexibility index (Phi) is 6.26. The highest BCUT2D eigenvalue weighted by atomic mass is 19.1. The normalized spacial score (nSPS) is 14.3. The summed E-state index contributed by atoms with van der Waals surface area (Å²) in [7, 11) is 0. The van der Waals surface area contributed by atoms with Crippen LogP contribution in [0.15, 0.2) is 42.6 Å². The maximum Gasteiger partial charge on any atom is 0.244 e. The molecule has 3 heterocycles. The van der Waals surface area contributed by atoms with Crippen LogP contribution in [-0.4, -0.2) is 51.8 Å². The first-order valence-electron chi connectivity index (χ1n) is 11.1. The molecular weight excluding hydrogens is 405 g/mol. The Bertz CT molecular complexity index is 1120. The minimum Gasteiger partial charge on any atom is -0.353 e. The number of aryl methyl sites for hydroxylation is 2. The summed E-state index contributed by atoms with van der Waals surface area (Å²) in [5.74, 6) is 1.02. The predicted molar refractivity (Wildman–Crippen MR) is 124 cm³/mol. The lowest BCUT2D eigenvalue weighted by molar-refractivity contribution is -0.132. The maximum absolute atomic E-state index is 13.7. The molecule has 0 spiro atoms. The van der Waals surface area contributed by atoms with Gasteiger partial charge in [-0.15, -0.1) is 0 Å². The number of hydrogen-bond donors (Lipinski definition) is 0. The molecule has 0 radical (unpaired) electrons. The summed E-state index contributed by atoms with van der Waals surface area (Å²) in [5, 5.41) is 4.71. The Balaban J connectivity index is 1.46. The highest BCUT2D eigenvalue weighted by molar-refractivity contribution is 5.76. The van der Waals surface area contributed by atoms with E-state index in [2.05, 4.69) is 36.7 Å². The van der Waals surface area contributed by atoms with Crippen LogP contribution in [0.3, 0.4) is 0 Å². The molecule has 1 saturated heterocycles. The molecule has 0 N–H and O–H groups in total. The Morgan fingerprint density at radius 1 is 1.06 bits per heavy atom. The van der Waals surface area contributed by atoms with Gasteiger partial charge < -0.3 is 9.80 Å². The summed E-state index contributed by atoms with van der Waals surface area (Å²) in [6.07, 6.45) is 1.83. The molecule has 6 nitrogen and oxygen atoms in total. The van der Waals surface area contributed by atoms with Crippen LogP contribution < -0.4 is 4.90 Å². The molecule has 0 atom stereocenters. The minimum atomic E-state index is -0.229. The average Bonchev–Trinajstić information content (AvgIpc) is 3.20. The van der Waals surface area contributed by atoms with Gasteiger partial charge in [0.05, 0.1) is 5.69 Å². The molecule has 3 aromatic rings. The molecule has 1 aliphatic rings. The quantitative estimate of drug-likeness (QED) is 0.604. The summed E-state index contributed by atoms with van der Waals surface area (Å²) >= 11 is 0. The minimum absolute atomic E-state index is 0.0636. The monoisotopic (exact) mass is 435 g/mol. The number of halogens is 1. The highest BCUT2D eigenvalue weighted by Crippen LogP contribution is 2.25. The van der Waals surface area contributed by atoms with Gasteiger partial charge in [0, 0.05) is 43.6 Å². The van der Waals surface area contributed by atoms with Crippen molar-refractivity contribution in [1.82, 2.24) is 19.7 Å². The summed E-state index contributed by atoms with van der Waals surface area (Å²) in [5.41, 5.74) is 4.38. The molecule has 1 fully saturated rings. The second-order valence-electron chi connectivity index (χ2n) is 8.79. The first kappa shape index (κ1) is 22.0. The van der Waals surface area contributed by atoms with Crippen molar-refractivity contribution in [3.8, 4) is 11.3 Å². The van der Waals surface area contributed by atoms with Gasteiger partial charge in [-0.25, -0.2) is 9.37 Å². The number of piperazine rings is 1. The first-order valence-corrected chi connectivity index (χ1v) is 11.1. The number of aromatic nitrogens is 3. The number of anilines is 1. The van der Waals surface area contributed by atoms with E-state index in [0.717, 1.165) is 35.9 Å². The van der Waals surface area contributed by atoms with Gasteiger partial charge in [-0.3, -0.25) is 9.48 Å². The van der Waals surface area contributed by atoms with Crippen molar-refractivity contribution in [1.29, 1.82) is 0 Å². The molecule has 1 aromatic carbocycles. The zero-order chi connectivity index (χ0) is 22.8. The zero-order valence-electron chi connectivity index (χ0n) is 19.2. The Morgan fingerprint density at radius 3 is 2.47 bits per heavy atom. The number of nitrogens with zero attached hydrogens (tertiary/aromatic N) is 5. The van der Waals surface area contributed by atoms with Crippen LogP contribution in [-0.2, 0) is 11.3 Å². The molecular formula is C25H30FN5O. The van der Waals surface area contributed by atoms with Crippen molar-refractivity contribution in [2.75, 3.05) is 31.1 Å². The molecule has 0 saturated carbocycles. The third-order valence-corrected chi connectivity index (χ3v) is 6.00. The molecule has 7 heteroatoms. The fourth-order valence-electron chi connectivity index (χ4n) is 4.07. The second-order valence-corrected chi connectivity index (χ2v) is 8.79. The van der Waals surface area contributed by atoms with Gasteiger partial charge in [-0.2, -0.15) is 5.10 Å². The summed E-state index contributed by atoms with van der Waals surface area (Å²) in [6.45, 7) is 11.0. The van der Waals surface area contributed by atoms with E-state index in [9.17, 15) is 9.18 Å². The number of carbonyl (C=O) groups is 1. The largest absolute Gasteiger partial charge is 0.353 e. The van der Waals surface area contributed by atoms with Gasteiger partial charge in [0.15, 0.2) is 0 Å². The molecule has 0 aliphatic carbocycles. The van der Waals surface area contributed by atoms with E-state index in [1.807, 2.05) is 23.2 Å². The molecule has 168 valence electrons. The van der Waals surface area contributed by atoms with Gasteiger partial charge in [-0.05, 0) is 67.3 Å². The van der Waals surface area contributed by atoms with Crippen molar-refractivity contribution in [2.24, 2.45) is 0 Å². The molecule has 0 bridgehead atoms. The fourth-order valence-corrected chi connectivity index (χ4v) is 4.07. The van der Waals surface area contributed by atoms with Gasteiger partial charge >= 0.3 is 0 Å². The lowest BCUT2D eigenvalue weighted by Gasteiger charge is -2.35. The lowest BCUT2D eigenvalue weighted by Crippen LogP contribution is -2.50. The molecule has 4 rings (SSSR count). The van der Waals surface area contributed by atoms with Crippen LogP contribution in [0, 0.1) is 19.7 Å². The smallest absolute Gasteiger partial charge is 0.244 e. The van der Waals surface area contributed by atoms with Crippen LogP contribution in [0.2, 0.25) is 0 Å². The first-order chi connectivity index (χ1) is 15.3. The SMILES string of the molecule is Cc1ccnc(N2CCN(C(=O)Cn3nc(-c4ccc(F)c(C)c4)cc3C(C)C)CC2)c1. The van der Waals surface area contributed by atoms with E-state index in [1.54, 1.807) is 23.7 Å². The maximum atomic E-state index is 13.7. The zero-order valence-corrected chi connectivity index (χ0v) is 19.2. The molecule has 0 unspecified atom stereocenters. The second kappa shape index (κ2) is 9.10. The van der Waals surface area contributed by atoms with Gasteiger partial charge in [-0.1, -0.05) is 13.8 Å². The fraction of sp³-hybridized carbons (Fsp3) is 0.400. The summed E-state index contributed by atoms with van der Waals surface area (Å²) in [4.78, 5) is 21.6. The van der Waals surface area contributed by atoms with Gasteiger partial charge in [0.1, 0.15) is 18.2 Å². The third-order valence-electron chi connectivity index (χ3n) is 6.00. The van der Waals surface area contributed by atoms with E-state index >= 15 is 0 Å². The Morgan fingerprint density at radius 2 is 1.81 bits per heavy atom. The summed E-state index contributed by atoms with van der Waals surface area (Å²) in [6, 6.07) is 11.1. The predicted octanol–water partition coefficient (Wildman–Crippen LogP) is 4.17. The number of pyridine rings is 1. The third kappa shape index (κ3) is 4.66. The van der Waals surface area contributed by atoms with Crippen LogP contribution in [0.4, 0.5) is 10.2 Å². The number of carbonyl (C=O) groups excluding carboxylic acids is 1. The van der Waals surface area contributed by atoms with Crippen LogP contribution >= 0.6 is 0 Å². The number of amides is 1. The van der Waals surface area contributed by atoms with Gasteiger partial charge in [0.2, 0.25) is 5.91 Å². The van der Waals surface area contributed by atoms with E-state index < -0.39 is 0 Å². The standard InChI is InChI=1S/C25H30FN5O/c1-17(2)23-15-22(20-5-6-21(26)19(4)14-20)28-31(23)16-25(32)30-11-9-29(10-12-30)24-13-18(3)7-8-27-24/h5-8,13-15,17H,9-12,16H2,1-4H3. The van der Waals surface area contributed by atoms with E-state index in [0.29, 0.717) is 18.7 Å². The molecule has 2 aromatic heterocycles. The number of benzene rings is 1. The molecule has 1 amide bonds. The highest BCUT2D eigenvalue weighted by Gasteiger charge is 2.24. The van der Waals surface area contributed by atoms with Gasteiger partial charge in [0.25, 0.3) is 0 Å². The number of rotatable bonds is 5. The average molecular weight is 436 g/mol. The van der Waals surface area contributed by atoms with Crippen molar-refractivity contribution in [3.63, 3.8) is 0 Å². The molecule has 32 heavy (non-hydrogen) atoms. The van der Waals surface area contributed by atoms with E-state index in [1.165, 1.54) is 11.6 Å². The van der Waals surface area contributed by atoms with Crippen molar-refractivity contribution in [2.45, 2.75) is 40.2 Å². The lowest BCUT2D eigenvalue weighted by atomic mass is 10.1. The Hall–Kier alpha value is -3.22. The van der Waals surface area contributed by atoms with Crippen LogP contribution in [0.5, 0.6) is 0 Å². The van der Waals surface area contributed by atoms with Crippen LogP contribution in [0.25, 0.3) is 11.3 Å². The van der Waals surface area contributed by atoms with Crippen molar-refractivity contribution >= 4 is 11.7 Å². The van der Waals surface area contributed by atoms with Crippen LogP contribution in [0.1, 0.15) is 36.6 Å². The van der Waals surface area contributed by atoms with E-state index in [4.69, 9.17) is 5.10 Å². The Labute approximate surface area is 188 Å².